The van der Waals surface area contributed by atoms with E-state index in [0.29, 0.717) is 33.8 Å². The van der Waals surface area contributed by atoms with E-state index in [4.69, 9.17) is 0 Å². The van der Waals surface area contributed by atoms with Gasteiger partial charge >= 0.3 is 5.97 Å². The number of allylic oxidation sites excluding steroid dienone is 2. The van der Waals surface area contributed by atoms with E-state index in [1.54, 1.807) is 12.1 Å². The maximum atomic E-state index is 11.4. The first-order valence-electron chi connectivity index (χ1n) is 18.3. The fourth-order valence-electron chi connectivity index (χ4n) is 12.2. The second kappa shape index (κ2) is 13.1. The minimum Gasteiger partial charge on any atom is -0.478 e. The molecule has 5 aliphatic carbocycles. The molecule has 5 heteroatoms. The van der Waals surface area contributed by atoms with Crippen molar-refractivity contribution in [3.8, 4) is 0 Å². The van der Waals surface area contributed by atoms with Gasteiger partial charge in [-0.25, -0.2) is 4.79 Å². The summed E-state index contributed by atoms with van der Waals surface area (Å²) >= 11 is 2.10. The third kappa shape index (κ3) is 5.63. The molecule has 4 nitrogen and oxygen atoms in total. The summed E-state index contributed by atoms with van der Waals surface area (Å²) in [5.74, 6) is 5.07. The standard InChI is InChI=1S/C39H60N2O2S/c1-6-29(44-7-2)25-40-23-24-41-39-19-8-9-34(39)31-14-15-35-37(4)20-16-30(27-10-12-28(13-11-27)36(42)43)26(3)32(37)17-21-38(35,5)33(31)18-22-39/h10-13,16,26,29,31-35,40-41H,6-9,14-15,17-25H2,1-5H3,(H,42,43)/t26?,29-,31-,32?,33?,34+,35?,37-,38-,39-/m0/s1. The minimum atomic E-state index is -0.843. The second-order valence-corrected chi connectivity index (χ2v) is 17.5. The topological polar surface area (TPSA) is 61.4 Å². The summed E-state index contributed by atoms with van der Waals surface area (Å²) in [6.45, 7) is 15.8. The van der Waals surface area contributed by atoms with E-state index >= 15 is 0 Å². The van der Waals surface area contributed by atoms with Crippen LogP contribution in [0.1, 0.15) is 121 Å². The Kier molecular flexibility index (Phi) is 9.69. The quantitative estimate of drug-likeness (QED) is 0.216. The third-order valence-corrected chi connectivity index (χ3v) is 15.5. The lowest BCUT2D eigenvalue weighted by molar-refractivity contribution is -0.164. The van der Waals surface area contributed by atoms with E-state index in [0.717, 1.165) is 48.6 Å². The van der Waals surface area contributed by atoms with Crippen LogP contribution in [-0.4, -0.2) is 47.3 Å². The second-order valence-electron chi connectivity index (χ2n) is 15.9. The van der Waals surface area contributed by atoms with E-state index in [1.165, 1.54) is 87.5 Å². The lowest BCUT2D eigenvalue weighted by atomic mass is 9.38. The fraction of sp³-hybridized carbons (Fsp3) is 0.769. The Morgan fingerprint density at radius 1 is 0.955 bits per heavy atom. The summed E-state index contributed by atoms with van der Waals surface area (Å²) in [4.78, 5) is 11.4. The lowest BCUT2D eigenvalue weighted by Gasteiger charge is -2.67. The summed E-state index contributed by atoms with van der Waals surface area (Å²) in [5, 5.41) is 18.1. The summed E-state index contributed by atoms with van der Waals surface area (Å²) in [7, 11) is 0. The van der Waals surface area contributed by atoms with E-state index in [-0.39, 0.29) is 0 Å². The first kappa shape index (κ1) is 32.6. The molecule has 6 rings (SSSR count). The van der Waals surface area contributed by atoms with Gasteiger partial charge in [0, 0.05) is 30.4 Å². The van der Waals surface area contributed by atoms with Crippen molar-refractivity contribution in [3.63, 3.8) is 0 Å². The van der Waals surface area contributed by atoms with Gasteiger partial charge in [-0.1, -0.05) is 59.2 Å². The Balaban J connectivity index is 1.13. The first-order valence-corrected chi connectivity index (χ1v) is 19.3. The molecule has 5 aliphatic rings. The van der Waals surface area contributed by atoms with Crippen LogP contribution in [0.15, 0.2) is 30.3 Å². The molecule has 1 aromatic rings. The number of benzene rings is 1. The fourth-order valence-corrected chi connectivity index (χ4v) is 13.1. The zero-order chi connectivity index (χ0) is 31.1. The molecule has 4 fully saturated rings. The third-order valence-electron chi connectivity index (χ3n) is 14.2. The average molecular weight is 621 g/mol. The molecular weight excluding hydrogens is 561 g/mol. The molecule has 0 amide bonds. The van der Waals surface area contributed by atoms with Gasteiger partial charge in [-0.15, -0.1) is 0 Å². The van der Waals surface area contributed by atoms with Gasteiger partial charge in [0.2, 0.25) is 0 Å². The Hall–Kier alpha value is -1.30. The van der Waals surface area contributed by atoms with Crippen LogP contribution < -0.4 is 10.6 Å². The molecule has 0 saturated heterocycles. The van der Waals surface area contributed by atoms with Crippen LogP contribution in [-0.2, 0) is 0 Å². The van der Waals surface area contributed by atoms with Crippen LogP contribution in [0.5, 0.6) is 0 Å². The van der Waals surface area contributed by atoms with Gasteiger partial charge in [0.05, 0.1) is 5.56 Å². The van der Waals surface area contributed by atoms with E-state index < -0.39 is 5.97 Å². The van der Waals surface area contributed by atoms with Crippen molar-refractivity contribution in [1.29, 1.82) is 0 Å². The number of nitrogens with one attached hydrogen (secondary N) is 2. The van der Waals surface area contributed by atoms with E-state index in [9.17, 15) is 9.90 Å². The largest absolute Gasteiger partial charge is 0.478 e. The van der Waals surface area contributed by atoms with Gasteiger partial charge in [-0.05, 0) is 140 Å². The molecule has 1 aromatic carbocycles. The zero-order valence-corrected chi connectivity index (χ0v) is 29.1. The maximum absolute atomic E-state index is 11.4. The van der Waals surface area contributed by atoms with Crippen molar-refractivity contribution >= 4 is 23.3 Å². The molecule has 44 heavy (non-hydrogen) atoms. The molecule has 0 aliphatic heterocycles. The molecule has 10 atom stereocenters. The average Bonchev–Trinajstić information content (AvgIpc) is 3.45. The molecule has 0 aromatic heterocycles. The normalized spacial score (nSPS) is 40.2. The minimum absolute atomic E-state index is 0.364. The summed E-state index contributed by atoms with van der Waals surface area (Å²) in [6.07, 6.45) is 17.6. The smallest absolute Gasteiger partial charge is 0.335 e. The first-order chi connectivity index (χ1) is 21.2. The molecule has 0 spiro atoms. The highest BCUT2D eigenvalue weighted by Crippen LogP contribution is 2.70. The van der Waals surface area contributed by atoms with Gasteiger partial charge in [0.25, 0.3) is 0 Å². The maximum Gasteiger partial charge on any atom is 0.335 e. The van der Waals surface area contributed by atoms with Crippen molar-refractivity contribution in [2.45, 2.75) is 116 Å². The van der Waals surface area contributed by atoms with Crippen molar-refractivity contribution in [2.75, 3.05) is 25.4 Å². The number of hydrogen-bond donors (Lipinski definition) is 3. The van der Waals surface area contributed by atoms with Crippen LogP contribution >= 0.6 is 11.8 Å². The molecule has 0 heterocycles. The predicted octanol–water partition coefficient (Wildman–Crippen LogP) is 8.92. The molecule has 4 saturated carbocycles. The van der Waals surface area contributed by atoms with E-state index in [2.05, 4.69) is 63.1 Å². The van der Waals surface area contributed by atoms with Crippen molar-refractivity contribution in [1.82, 2.24) is 10.6 Å². The van der Waals surface area contributed by atoms with Crippen LogP contribution in [0, 0.1) is 46.3 Å². The number of carboxylic acid groups (broad SMARTS) is 1. The molecule has 0 radical (unpaired) electrons. The Morgan fingerprint density at radius 2 is 1.73 bits per heavy atom. The summed E-state index contributed by atoms with van der Waals surface area (Å²) in [5.41, 5.74) is 4.27. The zero-order valence-electron chi connectivity index (χ0n) is 28.3. The van der Waals surface area contributed by atoms with Gasteiger partial charge in [-0.2, -0.15) is 11.8 Å². The Labute approximate surface area is 272 Å². The van der Waals surface area contributed by atoms with Crippen molar-refractivity contribution in [3.05, 3.63) is 41.5 Å². The van der Waals surface area contributed by atoms with Crippen LogP contribution in [0.3, 0.4) is 0 Å². The van der Waals surface area contributed by atoms with Crippen LogP contribution in [0.25, 0.3) is 5.57 Å². The lowest BCUT2D eigenvalue weighted by Crippen LogP contribution is -2.63. The Morgan fingerprint density at radius 3 is 2.45 bits per heavy atom. The number of fused-ring (bicyclic) bond motifs is 7. The molecule has 244 valence electrons. The number of carboxylic acids is 1. The SMILES string of the molecule is CCS[C@@H](CC)CNCCN[C@]12CCC[C@@H]1[C@H]1CCC3[C@@]4(C)CC=C(c5ccc(C(=O)O)cc5)C(C)C4CC[C@@]3(C)C1CC2. The number of rotatable bonds is 11. The van der Waals surface area contributed by atoms with Gasteiger partial charge in [-0.3, -0.25) is 0 Å². The number of thioether (sulfide) groups is 1. The number of aromatic carboxylic acids is 1. The molecule has 4 unspecified atom stereocenters. The highest BCUT2D eigenvalue weighted by molar-refractivity contribution is 7.99. The number of hydrogen-bond acceptors (Lipinski definition) is 4. The highest BCUT2D eigenvalue weighted by atomic mass is 32.2. The monoisotopic (exact) mass is 620 g/mol. The Bertz CT molecular complexity index is 1200. The van der Waals surface area contributed by atoms with Gasteiger partial charge < -0.3 is 15.7 Å². The molecule has 3 N–H and O–H groups in total. The molecule has 0 bridgehead atoms. The number of carbonyl (C=O) groups is 1. The van der Waals surface area contributed by atoms with Crippen molar-refractivity contribution < 1.29 is 9.90 Å². The van der Waals surface area contributed by atoms with Crippen LogP contribution in [0.2, 0.25) is 0 Å². The highest BCUT2D eigenvalue weighted by Gasteiger charge is 2.64. The summed E-state index contributed by atoms with van der Waals surface area (Å²) < 4.78 is 0. The van der Waals surface area contributed by atoms with E-state index in [1.807, 2.05) is 12.1 Å². The van der Waals surface area contributed by atoms with Gasteiger partial charge in [0.1, 0.15) is 0 Å². The predicted molar refractivity (Wildman–Crippen MR) is 186 cm³/mol. The van der Waals surface area contributed by atoms with Gasteiger partial charge in [0.15, 0.2) is 0 Å². The summed E-state index contributed by atoms with van der Waals surface area (Å²) in [6, 6.07) is 7.65. The van der Waals surface area contributed by atoms with Crippen molar-refractivity contribution in [2.24, 2.45) is 46.3 Å². The molecular formula is C39H60N2O2S. The van der Waals surface area contributed by atoms with Crippen LogP contribution in [0.4, 0.5) is 0 Å².